The smallest absolute Gasteiger partial charge is 0.356 e. The molecule has 0 saturated heterocycles. The predicted octanol–water partition coefficient (Wildman–Crippen LogP) is 3.09. The summed E-state index contributed by atoms with van der Waals surface area (Å²) in [6, 6.07) is 5.33. The number of hydrogen-bond donors (Lipinski definition) is 2. The third kappa shape index (κ3) is 3.53. The molecule has 2 aromatic rings. The molecule has 1 aromatic heterocycles. The van der Waals surface area contributed by atoms with Gasteiger partial charge in [0, 0.05) is 11.2 Å². The lowest BCUT2D eigenvalue weighted by atomic mass is 10.2. The lowest BCUT2D eigenvalue weighted by Crippen LogP contribution is -2.24. The SMILES string of the molecule is CC(C(=O)Nc1ccc(Cl)cc1Cl)n1ccc(C(=O)O)n1. The van der Waals surface area contributed by atoms with Crippen LogP contribution in [-0.4, -0.2) is 26.8 Å². The van der Waals surface area contributed by atoms with Crippen molar-refractivity contribution in [3.63, 3.8) is 0 Å². The Balaban J connectivity index is 2.13. The third-order valence-electron chi connectivity index (χ3n) is 2.79. The minimum atomic E-state index is -1.15. The highest BCUT2D eigenvalue weighted by Gasteiger charge is 2.18. The Morgan fingerprint density at radius 3 is 2.62 bits per heavy atom. The van der Waals surface area contributed by atoms with Crippen molar-refractivity contribution in [2.24, 2.45) is 0 Å². The van der Waals surface area contributed by atoms with Crippen LogP contribution in [-0.2, 0) is 4.79 Å². The Hall–Kier alpha value is -2.05. The zero-order valence-corrected chi connectivity index (χ0v) is 12.4. The van der Waals surface area contributed by atoms with Crippen LogP contribution in [0.4, 0.5) is 5.69 Å². The molecule has 1 atom stereocenters. The van der Waals surface area contributed by atoms with Gasteiger partial charge in [0.05, 0.1) is 10.7 Å². The number of nitrogens with one attached hydrogen (secondary N) is 1. The fraction of sp³-hybridized carbons (Fsp3) is 0.154. The van der Waals surface area contributed by atoms with E-state index in [0.29, 0.717) is 15.7 Å². The first-order valence-electron chi connectivity index (χ1n) is 5.93. The van der Waals surface area contributed by atoms with Gasteiger partial charge in [-0.25, -0.2) is 4.79 Å². The van der Waals surface area contributed by atoms with E-state index in [9.17, 15) is 9.59 Å². The zero-order chi connectivity index (χ0) is 15.6. The molecule has 0 aliphatic carbocycles. The normalized spacial score (nSPS) is 12.0. The fourth-order valence-electron chi connectivity index (χ4n) is 1.62. The maximum atomic E-state index is 12.1. The number of benzene rings is 1. The number of carbonyl (C=O) groups excluding carboxylic acids is 1. The van der Waals surface area contributed by atoms with E-state index in [1.165, 1.54) is 23.0 Å². The van der Waals surface area contributed by atoms with E-state index < -0.39 is 12.0 Å². The van der Waals surface area contributed by atoms with Crippen LogP contribution >= 0.6 is 23.2 Å². The van der Waals surface area contributed by atoms with Gasteiger partial charge in [0.1, 0.15) is 6.04 Å². The molecule has 0 fully saturated rings. The largest absolute Gasteiger partial charge is 0.476 e. The standard InChI is InChI=1S/C13H11Cl2N3O3/c1-7(18-5-4-11(17-18)13(20)21)12(19)16-10-3-2-8(14)6-9(10)15/h2-7H,1H3,(H,16,19)(H,20,21). The van der Waals surface area contributed by atoms with Crippen LogP contribution in [0, 0.1) is 0 Å². The van der Waals surface area contributed by atoms with Crippen molar-refractivity contribution in [2.75, 3.05) is 5.32 Å². The van der Waals surface area contributed by atoms with Crippen LogP contribution in [0.1, 0.15) is 23.5 Å². The maximum absolute atomic E-state index is 12.1. The number of carbonyl (C=O) groups is 2. The molecule has 1 amide bonds. The Morgan fingerprint density at radius 1 is 1.33 bits per heavy atom. The highest BCUT2D eigenvalue weighted by atomic mass is 35.5. The van der Waals surface area contributed by atoms with Gasteiger partial charge < -0.3 is 10.4 Å². The van der Waals surface area contributed by atoms with Gasteiger partial charge in [-0.1, -0.05) is 23.2 Å². The number of halogens is 2. The topological polar surface area (TPSA) is 84.2 Å². The van der Waals surface area contributed by atoms with E-state index in [4.69, 9.17) is 28.3 Å². The van der Waals surface area contributed by atoms with Crippen molar-refractivity contribution in [2.45, 2.75) is 13.0 Å². The average Bonchev–Trinajstić information content (AvgIpc) is 2.90. The van der Waals surface area contributed by atoms with Crippen LogP contribution in [0.5, 0.6) is 0 Å². The first kappa shape index (κ1) is 15.3. The molecule has 8 heteroatoms. The van der Waals surface area contributed by atoms with Crippen molar-refractivity contribution in [3.8, 4) is 0 Å². The summed E-state index contributed by atoms with van der Waals surface area (Å²) in [6.45, 7) is 1.60. The summed E-state index contributed by atoms with van der Waals surface area (Å²) in [5.74, 6) is -1.53. The quantitative estimate of drug-likeness (QED) is 0.903. The molecule has 0 spiro atoms. The van der Waals surface area contributed by atoms with Crippen LogP contribution in [0.25, 0.3) is 0 Å². The van der Waals surface area contributed by atoms with Gasteiger partial charge in [0.2, 0.25) is 5.91 Å². The molecule has 1 heterocycles. The lowest BCUT2D eigenvalue weighted by Gasteiger charge is -2.13. The second kappa shape index (κ2) is 6.15. The van der Waals surface area contributed by atoms with Gasteiger partial charge in [-0.3, -0.25) is 9.48 Å². The summed E-state index contributed by atoms with van der Waals surface area (Å²) in [4.78, 5) is 22.9. The molecule has 110 valence electrons. The molecule has 1 aromatic carbocycles. The van der Waals surface area contributed by atoms with Gasteiger partial charge in [0.25, 0.3) is 0 Å². The van der Waals surface area contributed by atoms with E-state index in [0.717, 1.165) is 0 Å². The molecule has 0 radical (unpaired) electrons. The number of hydrogen-bond acceptors (Lipinski definition) is 3. The van der Waals surface area contributed by atoms with E-state index in [2.05, 4.69) is 10.4 Å². The van der Waals surface area contributed by atoms with Gasteiger partial charge >= 0.3 is 5.97 Å². The fourth-order valence-corrected chi connectivity index (χ4v) is 2.07. The van der Waals surface area contributed by atoms with Gasteiger partial charge in [-0.15, -0.1) is 0 Å². The summed E-state index contributed by atoms with van der Waals surface area (Å²) in [5.41, 5.74) is 0.294. The number of anilines is 1. The monoisotopic (exact) mass is 327 g/mol. The molecule has 1 unspecified atom stereocenters. The first-order valence-corrected chi connectivity index (χ1v) is 6.68. The van der Waals surface area contributed by atoms with E-state index in [1.54, 1.807) is 19.1 Å². The summed E-state index contributed by atoms with van der Waals surface area (Å²) < 4.78 is 1.27. The molecule has 0 aliphatic rings. The number of carboxylic acids is 1. The molecule has 0 saturated carbocycles. The number of carboxylic acid groups (broad SMARTS) is 1. The molecular formula is C13H11Cl2N3O3. The number of amides is 1. The zero-order valence-electron chi connectivity index (χ0n) is 10.9. The highest BCUT2D eigenvalue weighted by molar-refractivity contribution is 6.36. The number of aromatic nitrogens is 2. The second-order valence-electron chi connectivity index (χ2n) is 4.28. The predicted molar refractivity (Wildman–Crippen MR) is 79.0 cm³/mol. The molecule has 2 N–H and O–H groups in total. The van der Waals surface area contributed by atoms with E-state index in [1.807, 2.05) is 0 Å². The van der Waals surface area contributed by atoms with Crippen molar-refractivity contribution < 1.29 is 14.7 Å². The van der Waals surface area contributed by atoms with E-state index >= 15 is 0 Å². The molecular weight excluding hydrogens is 317 g/mol. The summed E-state index contributed by atoms with van der Waals surface area (Å²) in [7, 11) is 0. The van der Waals surface area contributed by atoms with Crippen molar-refractivity contribution in [1.82, 2.24) is 9.78 Å². The van der Waals surface area contributed by atoms with Crippen molar-refractivity contribution >= 4 is 40.8 Å². The summed E-state index contributed by atoms with van der Waals surface area (Å²) in [5, 5.41) is 16.0. The third-order valence-corrected chi connectivity index (χ3v) is 3.34. The second-order valence-corrected chi connectivity index (χ2v) is 5.12. The molecule has 6 nitrogen and oxygen atoms in total. The van der Waals surface area contributed by atoms with Crippen molar-refractivity contribution in [3.05, 3.63) is 46.2 Å². The lowest BCUT2D eigenvalue weighted by molar-refractivity contribution is -0.119. The maximum Gasteiger partial charge on any atom is 0.356 e. The van der Waals surface area contributed by atoms with Crippen LogP contribution in [0.2, 0.25) is 10.0 Å². The number of nitrogens with zero attached hydrogens (tertiary/aromatic N) is 2. The Morgan fingerprint density at radius 2 is 2.05 bits per heavy atom. The molecule has 2 rings (SSSR count). The van der Waals surface area contributed by atoms with Crippen LogP contribution in [0.3, 0.4) is 0 Å². The van der Waals surface area contributed by atoms with Gasteiger partial charge in [-0.2, -0.15) is 5.10 Å². The minimum absolute atomic E-state index is 0.126. The van der Waals surface area contributed by atoms with Crippen molar-refractivity contribution in [1.29, 1.82) is 0 Å². The number of aromatic carboxylic acids is 1. The minimum Gasteiger partial charge on any atom is -0.476 e. The first-order chi connectivity index (χ1) is 9.88. The molecule has 0 aliphatic heterocycles. The Kier molecular flexibility index (Phi) is 4.50. The number of rotatable bonds is 4. The summed E-state index contributed by atoms with van der Waals surface area (Å²) >= 11 is 11.7. The average molecular weight is 328 g/mol. The van der Waals surface area contributed by atoms with Crippen LogP contribution in [0.15, 0.2) is 30.5 Å². The van der Waals surface area contributed by atoms with Gasteiger partial charge in [0.15, 0.2) is 5.69 Å². The Labute approximate surface area is 130 Å². The van der Waals surface area contributed by atoms with Crippen LogP contribution < -0.4 is 5.32 Å². The van der Waals surface area contributed by atoms with E-state index in [-0.39, 0.29) is 11.6 Å². The molecule has 0 bridgehead atoms. The van der Waals surface area contributed by atoms with Gasteiger partial charge in [-0.05, 0) is 31.2 Å². The highest BCUT2D eigenvalue weighted by Crippen LogP contribution is 2.26. The summed E-state index contributed by atoms with van der Waals surface area (Å²) in [6.07, 6.45) is 1.43. The molecule has 21 heavy (non-hydrogen) atoms. The Bertz CT molecular complexity index is 700.